The molecule has 0 aromatic rings. The fraction of sp³-hybridized carbons (Fsp3) is 1.00. The Labute approximate surface area is 93.9 Å². The van der Waals surface area contributed by atoms with Crippen molar-refractivity contribution in [2.75, 3.05) is 13.2 Å². The van der Waals surface area contributed by atoms with E-state index < -0.39 is 7.87 Å². The van der Waals surface area contributed by atoms with Gasteiger partial charge in [-0.25, -0.2) is 0 Å². The molecule has 0 aromatic carbocycles. The van der Waals surface area contributed by atoms with Crippen LogP contribution in [0.3, 0.4) is 0 Å². The minimum Gasteiger partial charge on any atom is -0.383 e. The van der Waals surface area contributed by atoms with Gasteiger partial charge in [0, 0.05) is 19.3 Å². The SMILES string of the molecule is CCCCO[Si](Cl)(CC)OCCCC. The number of hydrogen-bond donors (Lipinski definition) is 0. The minimum atomic E-state index is -2.33. The number of rotatable bonds is 9. The van der Waals surface area contributed by atoms with E-state index in [1.807, 2.05) is 6.92 Å². The summed E-state index contributed by atoms with van der Waals surface area (Å²) in [5.41, 5.74) is 0. The molecule has 0 aromatic heterocycles. The average molecular weight is 239 g/mol. The Balaban J connectivity index is 3.67. The predicted octanol–water partition coefficient (Wildman–Crippen LogP) is 3.82. The van der Waals surface area contributed by atoms with E-state index in [1.165, 1.54) is 0 Å². The van der Waals surface area contributed by atoms with Crippen molar-refractivity contribution in [3.8, 4) is 0 Å². The molecular formula is C10H23ClO2Si. The van der Waals surface area contributed by atoms with Crippen LogP contribution in [0, 0.1) is 0 Å². The van der Waals surface area contributed by atoms with Crippen LogP contribution in [0.5, 0.6) is 0 Å². The molecule has 0 spiro atoms. The second-order valence-corrected chi connectivity index (χ2v) is 7.75. The van der Waals surface area contributed by atoms with Crippen LogP contribution in [0.2, 0.25) is 6.04 Å². The van der Waals surface area contributed by atoms with Gasteiger partial charge in [0.1, 0.15) is 0 Å². The van der Waals surface area contributed by atoms with Crippen LogP contribution in [0.15, 0.2) is 0 Å². The molecule has 14 heavy (non-hydrogen) atoms. The molecule has 86 valence electrons. The van der Waals surface area contributed by atoms with Crippen molar-refractivity contribution in [2.24, 2.45) is 0 Å². The van der Waals surface area contributed by atoms with E-state index in [1.54, 1.807) is 0 Å². The molecule has 0 aliphatic carbocycles. The molecule has 0 heterocycles. The molecular weight excluding hydrogens is 216 g/mol. The first kappa shape index (κ1) is 14.4. The Hall–Kier alpha value is 0.427. The molecule has 0 N–H and O–H groups in total. The summed E-state index contributed by atoms with van der Waals surface area (Å²) >= 11 is 6.29. The zero-order valence-corrected chi connectivity index (χ0v) is 11.4. The number of hydrogen-bond acceptors (Lipinski definition) is 2. The lowest BCUT2D eigenvalue weighted by Gasteiger charge is -2.22. The highest BCUT2D eigenvalue weighted by molar-refractivity contribution is 7.12. The Morgan fingerprint density at radius 3 is 1.64 bits per heavy atom. The van der Waals surface area contributed by atoms with Crippen LogP contribution in [0.25, 0.3) is 0 Å². The fourth-order valence-corrected chi connectivity index (χ4v) is 2.84. The van der Waals surface area contributed by atoms with Gasteiger partial charge in [-0.2, -0.15) is 0 Å². The van der Waals surface area contributed by atoms with Crippen LogP contribution in [0.1, 0.15) is 46.5 Å². The summed E-state index contributed by atoms with van der Waals surface area (Å²) in [6.07, 6.45) is 4.41. The lowest BCUT2D eigenvalue weighted by Crippen LogP contribution is -2.36. The van der Waals surface area contributed by atoms with E-state index in [0.717, 1.165) is 44.9 Å². The molecule has 0 fully saturated rings. The van der Waals surface area contributed by atoms with E-state index in [4.69, 9.17) is 19.9 Å². The molecule has 0 bridgehead atoms. The molecule has 0 rings (SSSR count). The normalized spacial score (nSPS) is 12.0. The maximum Gasteiger partial charge on any atom is 0.442 e. The maximum atomic E-state index is 6.29. The van der Waals surface area contributed by atoms with Crippen LogP contribution >= 0.6 is 11.1 Å². The molecule has 0 radical (unpaired) electrons. The lowest BCUT2D eigenvalue weighted by atomic mass is 10.4. The van der Waals surface area contributed by atoms with Gasteiger partial charge in [0.15, 0.2) is 0 Å². The van der Waals surface area contributed by atoms with Crippen molar-refractivity contribution in [1.82, 2.24) is 0 Å². The first-order valence-corrected chi connectivity index (χ1v) is 8.68. The van der Waals surface area contributed by atoms with E-state index in [0.29, 0.717) is 0 Å². The summed E-state index contributed by atoms with van der Waals surface area (Å²) in [5, 5.41) is 0. The summed E-state index contributed by atoms with van der Waals surface area (Å²) in [6, 6.07) is 0.821. The van der Waals surface area contributed by atoms with Gasteiger partial charge in [-0.3, -0.25) is 0 Å². The summed E-state index contributed by atoms with van der Waals surface area (Å²) in [4.78, 5) is 0. The molecule has 0 saturated carbocycles. The fourth-order valence-electron chi connectivity index (χ4n) is 0.984. The van der Waals surface area contributed by atoms with Gasteiger partial charge < -0.3 is 8.85 Å². The molecule has 0 aliphatic rings. The van der Waals surface area contributed by atoms with Crippen molar-refractivity contribution in [2.45, 2.75) is 52.5 Å². The smallest absolute Gasteiger partial charge is 0.383 e. The van der Waals surface area contributed by atoms with Gasteiger partial charge in [-0.15, -0.1) is 0 Å². The Bertz CT molecular complexity index is 123. The van der Waals surface area contributed by atoms with Crippen LogP contribution in [-0.4, -0.2) is 21.1 Å². The largest absolute Gasteiger partial charge is 0.442 e. The third kappa shape index (κ3) is 6.82. The topological polar surface area (TPSA) is 18.5 Å². The highest BCUT2D eigenvalue weighted by Gasteiger charge is 2.33. The molecule has 0 atom stereocenters. The Morgan fingerprint density at radius 2 is 1.36 bits per heavy atom. The zero-order chi connectivity index (χ0) is 10.9. The Morgan fingerprint density at radius 1 is 0.929 bits per heavy atom. The van der Waals surface area contributed by atoms with Crippen molar-refractivity contribution < 1.29 is 8.85 Å². The summed E-state index contributed by atoms with van der Waals surface area (Å²) in [7, 11) is -2.33. The summed E-state index contributed by atoms with van der Waals surface area (Å²) in [5.74, 6) is 0. The molecule has 0 unspecified atom stereocenters. The van der Waals surface area contributed by atoms with Crippen LogP contribution < -0.4 is 0 Å². The Kier molecular flexibility index (Phi) is 8.98. The minimum absolute atomic E-state index is 0.742. The molecule has 0 amide bonds. The van der Waals surface area contributed by atoms with E-state index in [2.05, 4.69) is 13.8 Å². The van der Waals surface area contributed by atoms with Gasteiger partial charge in [0.25, 0.3) is 0 Å². The molecule has 4 heteroatoms. The standard InChI is InChI=1S/C10H23ClO2Si/c1-4-7-9-12-14(11,6-3)13-10-8-5-2/h4-10H2,1-3H3. The number of unbranched alkanes of at least 4 members (excludes halogenated alkanes) is 2. The highest BCUT2D eigenvalue weighted by atomic mass is 35.6. The lowest BCUT2D eigenvalue weighted by molar-refractivity contribution is 0.183. The average Bonchev–Trinajstić information content (AvgIpc) is 2.19. The summed E-state index contributed by atoms with van der Waals surface area (Å²) in [6.45, 7) is 7.81. The molecule has 0 saturated heterocycles. The first-order valence-electron chi connectivity index (χ1n) is 5.65. The van der Waals surface area contributed by atoms with Gasteiger partial charge in [-0.05, 0) is 12.8 Å². The van der Waals surface area contributed by atoms with Gasteiger partial charge in [0.2, 0.25) is 0 Å². The monoisotopic (exact) mass is 238 g/mol. The van der Waals surface area contributed by atoms with Gasteiger partial charge in [0.05, 0.1) is 0 Å². The maximum absolute atomic E-state index is 6.29. The van der Waals surface area contributed by atoms with Crippen molar-refractivity contribution in [3.63, 3.8) is 0 Å². The quantitative estimate of drug-likeness (QED) is 0.346. The zero-order valence-electron chi connectivity index (χ0n) is 9.64. The second kappa shape index (κ2) is 8.71. The first-order chi connectivity index (χ1) is 6.68. The third-order valence-corrected chi connectivity index (χ3v) is 5.62. The van der Waals surface area contributed by atoms with Crippen molar-refractivity contribution in [1.29, 1.82) is 0 Å². The van der Waals surface area contributed by atoms with Crippen LogP contribution in [0.4, 0.5) is 0 Å². The van der Waals surface area contributed by atoms with Gasteiger partial charge in [-0.1, -0.05) is 44.7 Å². The van der Waals surface area contributed by atoms with E-state index in [9.17, 15) is 0 Å². The van der Waals surface area contributed by atoms with E-state index in [-0.39, 0.29) is 0 Å². The predicted molar refractivity (Wildman–Crippen MR) is 63.8 cm³/mol. The van der Waals surface area contributed by atoms with Crippen molar-refractivity contribution >= 4 is 18.9 Å². The van der Waals surface area contributed by atoms with E-state index >= 15 is 0 Å². The van der Waals surface area contributed by atoms with Crippen molar-refractivity contribution in [3.05, 3.63) is 0 Å². The molecule has 2 nitrogen and oxygen atoms in total. The number of halogens is 1. The third-order valence-electron chi connectivity index (χ3n) is 2.05. The van der Waals surface area contributed by atoms with Gasteiger partial charge >= 0.3 is 7.87 Å². The summed E-state index contributed by atoms with van der Waals surface area (Å²) < 4.78 is 11.3. The highest BCUT2D eigenvalue weighted by Crippen LogP contribution is 2.19. The molecule has 0 aliphatic heterocycles. The second-order valence-electron chi connectivity index (χ2n) is 3.42. The van der Waals surface area contributed by atoms with Crippen LogP contribution in [-0.2, 0) is 8.85 Å².